The maximum absolute atomic E-state index is 12.0. The molecule has 1 atom stereocenters. The van der Waals surface area contributed by atoms with Crippen molar-refractivity contribution in [2.75, 3.05) is 19.6 Å². The molecule has 2 rings (SSSR count). The Kier molecular flexibility index (Phi) is 2.73. The highest BCUT2D eigenvalue weighted by Crippen LogP contribution is 2.11. The minimum atomic E-state index is 0.0158. The van der Waals surface area contributed by atoms with Gasteiger partial charge in [0.05, 0.1) is 6.20 Å². The Morgan fingerprint density at radius 1 is 1.73 bits per heavy atom. The molecule has 1 N–H and O–H groups in total. The van der Waals surface area contributed by atoms with Gasteiger partial charge in [-0.2, -0.15) is 0 Å². The zero-order valence-corrected chi connectivity index (χ0v) is 8.99. The summed E-state index contributed by atoms with van der Waals surface area (Å²) in [7, 11) is 0. The van der Waals surface area contributed by atoms with Gasteiger partial charge in [0.15, 0.2) is 0 Å². The van der Waals surface area contributed by atoms with Gasteiger partial charge in [-0.05, 0) is 13.8 Å². The number of aryl methyl sites for hydroxylation is 1. The Morgan fingerprint density at radius 3 is 3.13 bits per heavy atom. The first-order chi connectivity index (χ1) is 7.18. The molecule has 0 aliphatic carbocycles. The molecular weight excluding hydrogens is 194 g/mol. The smallest absolute Gasteiger partial charge is 0.259 e. The maximum atomic E-state index is 12.0. The van der Waals surface area contributed by atoms with E-state index >= 15 is 0 Å². The quantitative estimate of drug-likeness (QED) is 0.728. The van der Waals surface area contributed by atoms with Crippen molar-refractivity contribution in [2.24, 2.45) is 0 Å². The summed E-state index contributed by atoms with van der Waals surface area (Å²) in [5, 5.41) is 6.91. The molecule has 0 saturated carbocycles. The van der Waals surface area contributed by atoms with Gasteiger partial charge in [0.2, 0.25) is 0 Å². The highest BCUT2D eigenvalue weighted by atomic mass is 16.5. The molecule has 82 valence electrons. The first-order valence-electron chi connectivity index (χ1n) is 5.12. The first kappa shape index (κ1) is 10.2. The van der Waals surface area contributed by atoms with E-state index < -0.39 is 0 Å². The first-order valence-corrected chi connectivity index (χ1v) is 5.12. The van der Waals surface area contributed by atoms with Gasteiger partial charge in [0.25, 0.3) is 5.91 Å². The Bertz CT molecular complexity index is 361. The van der Waals surface area contributed by atoms with Gasteiger partial charge in [0.1, 0.15) is 11.3 Å². The van der Waals surface area contributed by atoms with Crippen LogP contribution in [0.4, 0.5) is 0 Å². The minimum Gasteiger partial charge on any atom is -0.361 e. The van der Waals surface area contributed by atoms with Gasteiger partial charge < -0.3 is 14.7 Å². The molecule has 0 bridgehead atoms. The van der Waals surface area contributed by atoms with Crippen LogP contribution >= 0.6 is 0 Å². The van der Waals surface area contributed by atoms with E-state index in [-0.39, 0.29) is 5.91 Å². The highest BCUT2D eigenvalue weighted by Gasteiger charge is 2.24. The molecule has 0 radical (unpaired) electrons. The molecular formula is C10H15N3O2. The SMILES string of the molecule is Cc1oncc1C(=O)N1CCN[C@H](C)C1. The number of rotatable bonds is 1. The molecule has 1 fully saturated rings. The lowest BCUT2D eigenvalue weighted by atomic mass is 10.2. The Morgan fingerprint density at radius 2 is 2.53 bits per heavy atom. The summed E-state index contributed by atoms with van der Waals surface area (Å²) in [5.74, 6) is 0.605. The monoisotopic (exact) mass is 209 g/mol. The van der Waals surface area contributed by atoms with E-state index in [2.05, 4.69) is 17.4 Å². The van der Waals surface area contributed by atoms with Crippen molar-refractivity contribution in [3.05, 3.63) is 17.5 Å². The lowest BCUT2D eigenvalue weighted by Gasteiger charge is -2.31. The fraction of sp³-hybridized carbons (Fsp3) is 0.600. The predicted octanol–water partition coefficient (Wildman–Crippen LogP) is 0.417. The van der Waals surface area contributed by atoms with Crippen LogP contribution in [0.5, 0.6) is 0 Å². The minimum absolute atomic E-state index is 0.0158. The zero-order valence-electron chi connectivity index (χ0n) is 8.99. The number of hydrogen-bond donors (Lipinski definition) is 1. The fourth-order valence-corrected chi connectivity index (χ4v) is 1.79. The third-order valence-corrected chi connectivity index (χ3v) is 2.64. The summed E-state index contributed by atoms with van der Waals surface area (Å²) in [6.07, 6.45) is 1.49. The van der Waals surface area contributed by atoms with Gasteiger partial charge in [-0.3, -0.25) is 4.79 Å². The number of aromatic nitrogens is 1. The van der Waals surface area contributed by atoms with Crippen molar-refractivity contribution in [3.8, 4) is 0 Å². The molecule has 1 aromatic rings. The highest BCUT2D eigenvalue weighted by molar-refractivity contribution is 5.94. The number of nitrogens with one attached hydrogen (secondary N) is 1. The van der Waals surface area contributed by atoms with Gasteiger partial charge >= 0.3 is 0 Å². The summed E-state index contributed by atoms with van der Waals surface area (Å²) in [5.41, 5.74) is 0.573. The van der Waals surface area contributed by atoms with Crippen molar-refractivity contribution in [2.45, 2.75) is 19.9 Å². The molecule has 5 heteroatoms. The number of hydrogen-bond acceptors (Lipinski definition) is 4. The van der Waals surface area contributed by atoms with E-state index in [1.54, 1.807) is 6.92 Å². The summed E-state index contributed by atoms with van der Waals surface area (Å²) < 4.78 is 4.89. The van der Waals surface area contributed by atoms with Crippen LogP contribution in [0.2, 0.25) is 0 Å². The number of carbonyl (C=O) groups is 1. The topological polar surface area (TPSA) is 58.4 Å². The number of piperazine rings is 1. The third-order valence-electron chi connectivity index (χ3n) is 2.64. The lowest BCUT2D eigenvalue weighted by molar-refractivity contribution is 0.0707. The molecule has 1 aliphatic heterocycles. The summed E-state index contributed by atoms with van der Waals surface area (Å²) in [4.78, 5) is 13.9. The van der Waals surface area contributed by atoms with E-state index in [0.717, 1.165) is 19.6 Å². The molecule has 0 spiro atoms. The Balaban J connectivity index is 2.11. The molecule has 0 aromatic carbocycles. The van der Waals surface area contributed by atoms with Gasteiger partial charge in [-0.25, -0.2) is 0 Å². The molecule has 2 heterocycles. The average Bonchev–Trinajstić information content (AvgIpc) is 2.63. The van der Waals surface area contributed by atoms with Crippen molar-refractivity contribution in [1.29, 1.82) is 0 Å². The van der Waals surface area contributed by atoms with Crippen molar-refractivity contribution in [3.63, 3.8) is 0 Å². The van der Waals surface area contributed by atoms with Gasteiger partial charge in [-0.1, -0.05) is 5.16 Å². The van der Waals surface area contributed by atoms with E-state index in [1.165, 1.54) is 6.20 Å². The normalized spacial score (nSPS) is 21.7. The second kappa shape index (κ2) is 4.02. The predicted molar refractivity (Wildman–Crippen MR) is 54.6 cm³/mol. The fourth-order valence-electron chi connectivity index (χ4n) is 1.79. The number of nitrogens with zero attached hydrogens (tertiary/aromatic N) is 2. The largest absolute Gasteiger partial charge is 0.361 e. The lowest BCUT2D eigenvalue weighted by Crippen LogP contribution is -2.51. The molecule has 1 saturated heterocycles. The van der Waals surface area contributed by atoms with Crippen molar-refractivity contribution in [1.82, 2.24) is 15.4 Å². The van der Waals surface area contributed by atoms with Crippen LogP contribution in [0.15, 0.2) is 10.7 Å². The van der Waals surface area contributed by atoms with Crippen molar-refractivity contribution < 1.29 is 9.32 Å². The third kappa shape index (κ3) is 2.02. The molecule has 5 nitrogen and oxygen atoms in total. The molecule has 0 unspecified atom stereocenters. The molecule has 15 heavy (non-hydrogen) atoms. The van der Waals surface area contributed by atoms with Crippen LogP contribution in [0.25, 0.3) is 0 Å². The molecule has 1 aliphatic rings. The van der Waals surface area contributed by atoms with E-state index in [1.807, 2.05) is 4.90 Å². The van der Waals surface area contributed by atoms with E-state index in [0.29, 0.717) is 17.4 Å². The van der Waals surface area contributed by atoms with Crippen LogP contribution < -0.4 is 5.32 Å². The Labute approximate surface area is 88.4 Å². The van der Waals surface area contributed by atoms with E-state index in [4.69, 9.17) is 4.52 Å². The van der Waals surface area contributed by atoms with Gasteiger partial charge in [0, 0.05) is 25.7 Å². The molecule has 1 aromatic heterocycles. The summed E-state index contributed by atoms with van der Waals surface area (Å²) >= 11 is 0. The van der Waals surface area contributed by atoms with Crippen molar-refractivity contribution >= 4 is 5.91 Å². The van der Waals surface area contributed by atoms with Crippen LogP contribution in [0, 0.1) is 6.92 Å². The summed E-state index contributed by atoms with van der Waals surface area (Å²) in [6.45, 7) is 6.15. The zero-order chi connectivity index (χ0) is 10.8. The van der Waals surface area contributed by atoms with Crippen LogP contribution in [0.3, 0.4) is 0 Å². The van der Waals surface area contributed by atoms with Crippen LogP contribution in [-0.4, -0.2) is 41.6 Å². The number of carbonyl (C=O) groups excluding carboxylic acids is 1. The maximum Gasteiger partial charge on any atom is 0.259 e. The number of amides is 1. The second-order valence-corrected chi connectivity index (χ2v) is 3.90. The summed E-state index contributed by atoms with van der Waals surface area (Å²) in [6, 6.07) is 0.350. The molecule has 1 amide bonds. The average molecular weight is 209 g/mol. The Hall–Kier alpha value is -1.36. The van der Waals surface area contributed by atoms with E-state index in [9.17, 15) is 4.79 Å². The van der Waals surface area contributed by atoms with Crippen LogP contribution in [0.1, 0.15) is 23.0 Å². The second-order valence-electron chi connectivity index (χ2n) is 3.90. The van der Waals surface area contributed by atoms with Gasteiger partial charge in [-0.15, -0.1) is 0 Å². The standard InChI is InChI=1S/C10H15N3O2/c1-7-6-13(4-3-11-7)10(14)9-5-12-15-8(9)2/h5,7,11H,3-4,6H2,1-2H3/t7-/m1/s1. The van der Waals surface area contributed by atoms with Crippen LogP contribution in [-0.2, 0) is 0 Å².